The van der Waals surface area contributed by atoms with Crippen LogP contribution in [0.2, 0.25) is 0 Å². The van der Waals surface area contributed by atoms with E-state index in [9.17, 15) is 9.59 Å². The standard InChI is InChI=1S/C10H18N4O2S/c1-10(8(11)17)2-4-14(5-3-10)6-7(15)13-9(12)16/h2-6H2,1H3,(H2,11,17)(H3,12,13,15,16). The van der Waals surface area contributed by atoms with Crippen molar-refractivity contribution in [1.82, 2.24) is 10.2 Å². The number of hydrogen-bond donors (Lipinski definition) is 3. The topological polar surface area (TPSA) is 101 Å². The molecule has 0 radical (unpaired) electrons. The minimum absolute atomic E-state index is 0.119. The summed E-state index contributed by atoms with van der Waals surface area (Å²) in [6.07, 6.45) is 1.65. The summed E-state index contributed by atoms with van der Waals surface area (Å²) >= 11 is 5.03. The highest BCUT2D eigenvalue weighted by Crippen LogP contribution is 2.30. The Balaban J connectivity index is 2.40. The number of carbonyl (C=O) groups is 2. The van der Waals surface area contributed by atoms with E-state index in [1.54, 1.807) is 0 Å². The number of rotatable bonds is 3. The first kappa shape index (κ1) is 13.9. The molecule has 0 aromatic rings. The van der Waals surface area contributed by atoms with E-state index in [1.165, 1.54) is 0 Å². The first-order valence-electron chi connectivity index (χ1n) is 5.45. The van der Waals surface area contributed by atoms with Gasteiger partial charge in [-0.25, -0.2) is 4.79 Å². The summed E-state index contributed by atoms with van der Waals surface area (Å²) in [5.74, 6) is -0.378. The largest absolute Gasteiger partial charge is 0.393 e. The molecule has 0 bridgehead atoms. The number of nitrogens with two attached hydrogens (primary N) is 2. The average Bonchev–Trinajstić information content (AvgIpc) is 2.20. The van der Waals surface area contributed by atoms with Crippen molar-refractivity contribution in [3.05, 3.63) is 0 Å². The molecule has 96 valence electrons. The summed E-state index contributed by atoms with van der Waals surface area (Å²) in [7, 11) is 0. The summed E-state index contributed by atoms with van der Waals surface area (Å²) in [6.45, 7) is 3.69. The van der Waals surface area contributed by atoms with Crippen LogP contribution in [0, 0.1) is 5.41 Å². The van der Waals surface area contributed by atoms with Crippen molar-refractivity contribution in [2.24, 2.45) is 16.9 Å². The molecule has 0 aromatic carbocycles. The summed E-state index contributed by atoms with van der Waals surface area (Å²) < 4.78 is 0. The molecule has 3 amide bonds. The number of primary amides is 1. The molecule has 1 rings (SSSR count). The molecule has 0 spiro atoms. The van der Waals surface area contributed by atoms with Gasteiger partial charge in [0, 0.05) is 5.41 Å². The van der Waals surface area contributed by atoms with Crippen molar-refractivity contribution in [2.75, 3.05) is 19.6 Å². The summed E-state index contributed by atoms with van der Waals surface area (Å²) in [6, 6.07) is -0.819. The Hall–Kier alpha value is -1.21. The molecule has 0 aromatic heterocycles. The Morgan fingerprint density at radius 3 is 2.29 bits per heavy atom. The lowest BCUT2D eigenvalue weighted by Gasteiger charge is -2.38. The number of nitrogens with zero attached hydrogens (tertiary/aromatic N) is 1. The van der Waals surface area contributed by atoms with Crippen LogP contribution in [0.15, 0.2) is 0 Å². The van der Waals surface area contributed by atoms with E-state index in [0.29, 0.717) is 4.99 Å². The van der Waals surface area contributed by atoms with Gasteiger partial charge in [-0.1, -0.05) is 19.1 Å². The third kappa shape index (κ3) is 3.94. The molecule has 17 heavy (non-hydrogen) atoms. The number of carbonyl (C=O) groups excluding carboxylic acids is 2. The number of hydrogen-bond acceptors (Lipinski definition) is 4. The van der Waals surface area contributed by atoms with Crippen LogP contribution >= 0.6 is 12.2 Å². The van der Waals surface area contributed by atoms with Crippen molar-refractivity contribution in [2.45, 2.75) is 19.8 Å². The summed E-state index contributed by atoms with van der Waals surface area (Å²) in [4.78, 5) is 24.3. The van der Waals surface area contributed by atoms with Crippen LogP contribution in [0.4, 0.5) is 4.79 Å². The maximum absolute atomic E-state index is 11.3. The fourth-order valence-corrected chi connectivity index (χ4v) is 2.04. The molecular formula is C10H18N4O2S. The Labute approximate surface area is 106 Å². The minimum atomic E-state index is -0.819. The minimum Gasteiger partial charge on any atom is -0.393 e. The molecular weight excluding hydrogens is 240 g/mol. The highest BCUT2D eigenvalue weighted by molar-refractivity contribution is 7.80. The predicted molar refractivity (Wildman–Crippen MR) is 68.3 cm³/mol. The lowest BCUT2D eigenvalue weighted by molar-refractivity contribution is -0.121. The molecule has 7 heteroatoms. The Morgan fingerprint density at radius 2 is 1.88 bits per heavy atom. The molecule has 1 aliphatic rings. The highest BCUT2D eigenvalue weighted by Gasteiger charge is 2.33. The van der Waals surface area contributed by atoms with Crippen LogP contribution in [-0.2, 0) is 4.79 Å². The smallest absolute Gasteiger partial charge is 0.318 e. The van der Waals surface area contributed by atoms with Gasteiger partial charge in [-0.3, -0.25) is 15.0 Å². The second-order valence-corrected chi connectivity index (χ2v) is 5.05. The quantitative estimate of drug-likeness (QED) is 0.596. The van der Waals surface area contributed by atoms with Gasteiger partial charge in [0.15, 0.2) is 0 Å². The second-order valence-electron chi connectivity index (χ2n) is 4.61. The zero-order chi connectivity index (χ0) is 13.1. The zero-order valence-corrected chi connectivity index (χ0v) is 10.7. The number of amides is 3. The lowest BCUT2D eigenvalue weighted by Crippen LogP contribution is -2.48. The van der Waals surface area contributed by atoms with Crippen LogP contribution < -0.4 is 16.8 Å². The van der Waals surface area contributed by atoms with Gasteiger partial charge in [0.25, 0.3) is 0 Å². The van der Waals surface area contributed by atoms with Crippen LogP contribution in [0.5, 0.6) is 0 Å². The average molecular weight is 258 g/mol. The van der Waals surface area contributed by atoms with E-state index >= 15 is 0 Å². The van der Waals surface area contributed by atoms with Crippen LogP contribution in [-0.4, -0.2) is 41.5 Å². The molecule has 0 unspecified atom stereocenters. The van der Waals surface area contributed by atoms with Crippen LogP contribution in [0.25, 0.3) is 0 Å². The van der Waals surface area contributed by atoms with Gasteiger partial charge < -0.3 is 11.5 Å². The molecule has 0 aliphatic carbocycles. The number of imide groups is 1. The first-order valence-corrected chi connectivity index (χ1v) is 5.86. The third-order valence-corrected chi connectivity index (χ3v) is 3.68. The fraction of sp³-hybridized carbons (Fsp3) is 0.700. The van der Waals surface area contributed by atoms with Gasteiger partial charge in [0.05, 0.1) is 11.5 Å². The van der Waals surface area contributed by atoms with Crippen LogP contribution in [0.3, 0.4) is 0 Å². The van der Waals surface area contributed by atoms with Gasteiger partial charge in [-0.05, 0) is 25.9 Å². The molecule has 1 heterocycles. The Bertz CT molecular complexity index is 337. The first-order chi connectivity index (χ1) is 7.83. The Morgan fingerprint density at radius 1 is 1.35 bits per heavy atom. The van der Waals surface area contributed by atoms with E-state index in [0.717, 1.165) is 25.9 Å². The van der Waals surface area contributed by atoms with Gasteiger partial charge in [0.1, 0.15) is 0 Å². The van der Waals surface area contributed by atoms with Gasteiger partial charge >= 0.3 is 6.03 Å². The predicted octanol–water partition coefficient (Wildman–Crippen LogP) is -0.430. The van der Waals surface area contributed by atoms with E-state index in [4.69, 9.17) is 23.7 Å². The molecule has 5 N–H and O–H groups in total. The van der Waals surface area contributed by atoms with Gasteiger partial charge in [-0.15, -0.1) is 0 Å². The fourth-order valence-electron chi connectivity index (χ4n) is 1.83. The van der Waals surface area contributed by atoms with Gasteiger partial charge in [-0.2, -0.15) is 0 Å². The van der Waals surface area contributed by atoms with E-state index in [-0.39, 0.29) is 17.9 Å². The van der Waals surface area contributed by atoms with Crippen molar-refractivity contribution in [1.29, 1.82) is 0 Å². The maximum Gasteiger partial charge on any atom is 0.318 e. The monoisotopic (exact) mass is 258 g/mol. The molecule has 1 saturated heterocycles. The molecule has 0 saturated carbocycles. The number of thiocarbonyl (C=S) groups is 1. The Kier molecular flexibility index (Phi) is 4.41. The maximum atomic E-state index is 11.3. The number of nitrogens with one attached hydrogen (secondary N) is 1. The third-order valence-electron chi connectivity index (χ3n) is 3.18. The SMILES string of the molecule is CC1(C(N)=S)CCN(CC(=O)NC(N)=O)CC1. The van der Waals surface area contributed by atoms with Crippen molar-refractivity contribution in [3.8, 4) is 0 Å². The number of urea groups is 1. The van der Waals surface area contributed by atoms with Crippen molar-refractivity contribution < 1.29 is 9.59 Å². The van der Waals surface area contributed by atoms with E-state index < -0.39 is 6.03 Å². The van der Waals surface area contributed by atoms with Gasteiger partial charge in [0.2, 0.25) is 5.91 Å². The molecule has 6 nitrogen and oxygen atoms in total. The van der Waals surface area contributed by atoms with Crippen LogP contribution in [0.1, 0.15) is 19.8 Å². The zero-order valence-electron chi connectivity index (χ0n) is 9.86. The van der Waals surface area contributed by atoms with E-state index in [1.807, 2.05) is 17.1 Å². The van der Waals surface area contributed by atoms with Crippen molar-refractivity contribution in [3.63, 3.8) is 0 Å². The molecule has 0 atom stereocenters. The summed E-state index contributed by atoms with van der Waals surface area (Å²) in [5, 5.41) is 2.04. The molecule has 1 fully saturated rings. The highest BCUT2D eigenvalue weighted by atomic mass is 32.1. The van der Waals surface area contributed by atoms with E-state index in [2.05, 4.69) is 0 Å². The second kappa shape index (κ2) is 5.42. The molecule has 1 aliphatic heterocycles. The lowest BCUT2D eigenvalue weighted by atomic mass is 9.80. The number of likely N-dealkylation sites (tertiary alicyclic amines) is 1. The number of piperidine rings is 1. The summed E-state index contributed by atoms with van der Waals surface area (Å²) in [5.41, 5.74) is 10.4. The van der Waals surface area contributed by atoms with Crippen molar-refractivity contribution >= 4 is 29.1 Å². The normalized spacial score (nSPS) is 19.6.